The first-order valence-electron chi connectivity index (χ1n) is 36.6. The molecule has 17 aromatic rings. The van der Waals surface area contributed by atoms with Gasteiger partial charge in [0.05, 0.1) is 17.1 Å². The zero-order valence-corrected chi connectivity index (χ0v) is 59.5. The Kier molecular flexibility index (Phi) is 13.6. The van der Waals surface area contributed by atoms with Gasteiger partial charge in [0.25, 0.3) is 20.1 Å². The molecule has 2 aromatic heterocycles. The molecule has 0 radical (unpaired) electrons. The van der Waals surface area contributed by atoms with Crippen molar-refractivity contribution in [3.63, 3.8) is 0 Å². The largest absolute Gasteiger partial charge is 0.458 e. The van der Waals surface area contributed by atoms with E-state index in [9.17, 15) is 0 Å². The predicted octanol–water partition coefficient (Wildman–Crippen LogP) is 20.1. The van der Waals surface area contributed by atoms with E-state index in [1.54, 1.807) is 0 Å². The molecule has 6 aliphatic heterocycles. The number of benzene rings is 15. The van der Waals surface area contributed by atoms with Crippen molar-refractivity contribution in [2.75, 3.05) is 24.5 Å². The second kappa shape index (κ2) is 24.1. The Morgan fingerprint density at radius 1 is 0.231 bits per heavy atom. The summed E-state index contributed by atoms with van der Waals surface area (Å²) in [7, 11) is 0. The average molecular weight is 1420 g/mol. The van der Waals surface area contributed by atoms with Crippen LogP contribution in [0.5, 0.6) is 46.0 Å². The number of ether oxygens (including phenoxy) is 4. The quantitative estimate of drug-likeness (QED) is 0.118. The van der Waals surface area contributed by atoms with E-state index in [2.05, 4.69) is 376 Å². The molecule has 504 valence electrons. The summed E-state index contributed by atoms with van der Waals surface area (Å²) in [6.07, 6.45) is 0. The lowest BCUT2D eigenvalue weighted by Crippen LogP contribution is -2.64. The summed E-state index contributed by atoms with van der Waals surface area (Å²) in [6, 6.07) is 126. The summed E-state index contributed by atoms with van der Waals surface area (Å²) < 4.78 is 35.4. The van der Waals surface area contributed by atoms with Gasteiger partial charge < -0.3 is 43.4 Å². The van der Waals surface area contributed by atoms with Gasteiger partial charge in [-0.2, -0.15) is 0 Å². The standard InChI is InChI=1S/C94H58B3N5O4S2/c1-9-29-59(30-10-1)98(60-31-11-2-12-32-60)67-49-78-88-82(51-67)105-91-70-45-25-27-47-86(70)107-93(91)96(88)72-55-74-80(57-76(72)101(78)65-41-21-7-22-42-65)103-84-53-69(100(63-37-17-5-18-38-63)64-39-19-6-20-40-64)54-85-90(84)95(74)75-56-73-77(58-81(75)104-85)102(66-43-23-8-24-44-66)79-50-68(99(61-33-13-3-14-34-61)62-35-15-4-16-36-62)52-83-89(79)97(73)94-92(106-83)71-46-26-28-48-87(71)108-94/h1-58H. The first-order valence-corrected chi connectivity index (χ1v) is 38.2. The maximum absolute atomic E-state index is 7.83. The Bertz CT molecular complexity index is 6040. The minimum absolute atomic E-state index is 0.253. The number of thiophene rings is 2. The Morgan fingerprint density at radius 2 is 0.528 bits per heavy atom. The van der Waals surface area contributed by atoms with Crippen molar-refractivity contribution < 1.29 is 18.9 Å². The van der Waals surface area contributed by atoms with Crippen LogP contribution in [-0.2, 0) is 0 Å². The fraction of sp³-hybridized carbons (Fsp3) is 0. The van der Waals surface area contributed by atoms with Gasteiger partial charge >= 0.3 is 0 Å². The highest BCUT2D eigenvalue weighted by Crippen LogP contribution is 2.53. The molecular formula is C94H58B3N5O4S2. The molecule has 0 amide bonds. The molecule has 0 spiro atoms. The van der Waals surface area contributed by atoms with E-state index < -0.39 is 6.71 Å². The zero-order chi connectivity index (χ0) is 70.7. The third-order valence-electron chi connectivity index (χ3n) is 22.1. The molecule has 14 heteroatoms. The molecule has 0 bridgehead atoms. The Hall–Kier alpha value is -13.4. The lowest BCUT2D eigenvalue weighted by Gasteiger charge is -2.43. The van der Waals surface area contributed by atoms with Gasteiger partial charge in [0.1, 0.15) is 46.0 Å². The van der Waals surface area contributed by atoms with E-state index in [0.717, 1.165) is 190 Å². The normalized spacial score (nSPS) is 13.2. The van der Waals surface area contributed by atoms with Gasteiger partial charge in [-0.3, -0.25) is 0 Å². The number of para-hydroxylation sites is 8. The van der Waals surface area contributed by atoms with Crippen molar-refractivity contribution in [3.8, 4) is 46.0 Å². The van der Waals surface area contributed by atoms with Crippen LogP contribution in [0.3, 0.4) is 0 Å². The highest BCUT2D eigenvalue weighted by atomic mass is 32.1. The van der Waals surface area contributed by atoms with Gasteiger partial charge in [-0.15, -0.1) is 22.7 Å². The van der Waals surface area contributed by atoms with E-state index in [0.29, 0.717) is 0 Å². The van der Waals surface area contributed by atoms with Crippen molar-refractivity contribution in [2.45, 2.75) is 0 Å². The summed E-state index contributed by atoms with van der Waals surface area (Å²) in [5, 5.41) is 2.18. The fourth-order valence-corrected chi connectivity index (χ4v) is 20.2. The third-order valence-corrected chi connectivity index (χ3v) is 24.6. The number of anilines is 15. The highest BCUT2D eigenvalue weighted by Gasteiger charge is 2.51. The molecule has 23 rings (SSSR count). The predicted molar refractivity (Wildman–Crippen MR) is 451 cm³/mol. The van der Waals surface area contributed by atoms with Crippen LogP contribution in [0, 0.1) is 0 Å². The monoisotopic (exact) mass is 1420 g/mol. The molecule has 0 saturated heterocycles. The first kappa shape index (κ1) is 61.0. The van der Waals surface area contributed by atoms with E-state index in [1.807, 2.05) is 22.7 Å². The van der Waals surface area contributed by atoms with Gasteiger partial charge in [0.2, 0.25) is 0 Å². The molecule has 0 atom stereocenters. The van der Waals surface area contributed by atoms with Crippen LogP contribution in [0.2, 0.25) is 0 Å². The minimum atomic E-state index is -0.394. The van der Waals surface area contributed by atoms with Crippen molar-refractivity contribution in [1.29, 1.82) is 0 Å². The van der Waals surface area contributed by atoms with Crippen LogP contribution in [0.1, 0.15) is 0 Å². The topological polar surface area (TPSA) is 53.1 Å². The Labute approximate surface area is 633 Å². The van der Waals surface area contributed by atoms with Gasteiger partial charge in [-0.25, -0.2) is 0 Å². The zero-order valence-electron chi connectivity index (χ0n) is 57.9. The van der Waals surface area contributed by atoms with Gasteiger partial charge in [-0.05, 0) is 166 Å². The van der Waals surface area contributed by atoms with E-state index >= 15 is 0 Å². The smallest absolute Gasteiger partial charge is 0.268 e. The lowest BCUT2D eigenvalue weighted by atomic mass is 9.31. The van der Waals surface area contributed by atoms with Gasteiger partial charge in [-0.1, -0.05) is 182 Å². The molecule has 15 aromatic carbocycles. The summed E-state index contributed by atoms with van der Waals surface area (Å²) in [5.41, 5.74) is 22.6. The third kappa shape index (κ3) is 9.33. The molecule has 8 heterocycles. The van der Waals surface area contributed by atoms with E-state index in [-0.39, 0.29) is 13.4 Å². The fourth-order valence-electron chi connectivity index (χ4n) is 17.7. The second-order valence-corrected chi connectivity index (χ2v) is 30.3. The summed E-state index contributed by atoms with van der Waals surface area (Å²) in [4.78, 5) is 11.9. The number of rotatable bonds is 11. The van der Waals surface area contributed by atoms with Crippen molar-refractivity contribution in [3.05, 3.63) is 352 Å². The molecule has 9 nitrogen and oxygen atoms in total. The molecule has 0 N–H and O–H groups in total. The van der Waals surface area contributed by atoms with Crippen LogP contribution in [-0.4, -0.2) is 20.1 Å². The number of hydrogen-bond donors (Lipinski definition) is 0. The van der Waals surface area contributed by atoms with Crippen molar-refractivity contribution in [2.24, 2.45) is 0 Å². The van der Waals surface area contributed by atoms with Crippen molar-refractivity contribution in [1.82, 2.24) is 0 Å². The minimum Gasteiger partial charge on any atom is -0.458 e. The van der Waals surface area contributed by atoms with E-state index in [1.165, 1.54) is 9.40 Å². The van der Waals surface area contributed by atoms with Crippen LogP contribution in [0.25, 0.3) is 20.2 Å². The molecular weight excluding hydrogens is 1360 g/mol. The lowest BCUT2D eigenvalue weighted by molar-refractivity contribution is 0.465. The molecule has 0 aliphatic carbocycles. The van der Waals surface area contributed by atoms with Crippen LogP contribution < -0.4 is 91.2 Å². The van der Waals surface area contributed by atoms with Gasteiger partial charge in [0, 0.05) is 140 Å². The Balaban J connectivity index is 0.796. The summed E-state index contributed by atoms with van der Waals surface area (Å²) in [6.45, 7) is -0.900. The second-order valence-electron chi connectivity index (χ2n) is 28.2. The highest BCUT2D eigenvalue weighted by molar-refractivity contribution is 7.34. The van der Waals surface area contributed by atoms with Crippen LogP contribution >= 0.6 is 22.7 Å². The first-order chi connectivity index (χ1) is 53.6. The number of nitrogens with zero attached hydrogens (tertiary/aromatic N) is 5. The average Bonchev–Trinajstić information content (AvgIpc) is 1.11. The molecule has 108 heavy (non-hydrogen) atoms. The van der Waals surface area contributed by atoms with Gasteiger partial charge in [0.15, 0.2) is 0 Å². The summed E-state index contributed by atoms with van der Waals surface area (Å²) in [5.74, 6) is 6.36. The maximum atomic E-state index is 7.83. The SMILES string of the molecule is c1ccc(N(c2ccccc2)c2cc3c4c(c2)Oc2cc5c(cc2B4c2cc4c(cc2O3)N(c2ccccc2)c2cc(N(c3ccccc3)c3ccccc3)cc3c2B4c2sc4ccccc4c2O3)B2c3sc4ccccc4c3Oc3cc(N(c4ccccc4)c4ccccc4)cc(c32)N5c2ccccc2)cc1. The molecule has 0 unspecified atom stereocenters. The molecule has 0 fully saturated rings. The van der Waals surface area contributed by atoms with E-state index in [4.69, 9.17) is 18.9 Å². The van der Waals surface area contributed by atoms with Crippen LogP contribution in [0.4, 0.5) is 85.3 Å². The van der Waals surface area contributed by atoms with Crippen LogP contribution in [0.15, 0.2) is 352 Å². The van der Waals surface area contributed by atoms with Crippen molar-refractivity contribution >= 4 is 196 Å². The molecule has 0 saturated carbocycles. The number of fused-ring (bicyclic) bond motifs is 16. The maximum Gasteiger partial charge on any atom is 0.268 e. The Morgan fingerprint density at radius 3 is 0.870 bits per heavy atom. The summed E-state index contributed by atoms with van der Waals surface area (Å²) >= 11 is 3.65. The number of hydrogen-bond acceptors (Lipinski definition) is 11. The molecule has 6 aliphatic rings.